The van der Waals surface area contributed by atoms with Crippen LogP contribution in [0.2, 0.25) is 0 Å². The minimum Gasteiger partial charge on any atom is -0.496 e. The molecule has 0 saturated heterocycles. The van der Waals surface area contributed by atoms with E-state index in [0.717, 1.165) is 28.0 Å². The van der Waals surface area contributed by atoms with Gasteiger partial charge in [-0.05, 0) is 17.2 Å². The van der Waals surface area contributed by atoms with Gasteiger partial charge in [-0.2, -0.15) is 0 Å². The summed E-state index contributed by atoms with van der Waals surface area (Å²) in [5.41, 5.74) is 10.3. The van der Waals surface area contributed by atoms with Crippen LogP contribution < -0.4 is 15.2 Å². The highest BCUT2D eigenvalue weighted by molar-refractivity contribution is 5.98. The van der Waals surface area contributed by atoms with Crippen molar-refractivity contribution < 1.29 is 14.2 Å². The largest absolute Gasteiger partial charge is 0.496 e. The lowest BCUT2D eigenvalue weighted by Gasteiger charge is -2.14. The van der Waals surface area contributed by atoms with Gasteiger partial charge in [0.1, 0.15) is 5.76 Å². The maximum absolute atomic E-state index is 6.47. The molecule has 0 aliphatic heterocycles. The summed E-state index contributed by atoms with van der Waals surface area (Å²) in [6.45, 7) is 0. The predicted octanol–water partition coefficient (Wildman–Crippen LogP) is 3.23. The molecule has 0 saturated carbocycles. The van der Waals surface area contributed by atoms with Crippen LogP contribution in [0.4, 0.5) is 0 Å². The normalized spacial score (nSPS) is 16.5. The first-order chi connectivity index (χ1) is 10.7. The molecule has 0 heterocycles. The molecule has 4 heteroatoms. The van der Waals surface area contributed by atoms with Crippen molar-refractivity contribution in [3.63, 3.8) is 0 Å². The van der Waals surface area contributed by atoms with Gasteiger partial charge in [0.05, 0.1) is 32.9 Å². The highest BCUT2D eigenvalue weighted by Gasteiger charge is 2.34. The Hall–Kier alpha value is -2.46. The topological polar surface area (TPSA) is 53.7 Å². The maximum Gasteiger partial charge on any atom is 0.172 e. The van der Waals surface area contributed by atoms with Crippen LogP contribution in [-0.4, -0.2) is 21.3 Å². The van der Waals surface area contributed by atoms with Crippen LogP contribution in [0.3, 0.4) is 0 Å². The Morgan fingerprint density at radius 3 is 2.18 bits per heavy atom. The lowest BCUT2D eigenvalue weighted by Crippen LogP contribution is -2.10. The zero-order valence-corrected chi connectivity index (χ0v) is 12.9. The van der Waals surface area contributed by atoms with Gasteiger partial charge >= 0.3 is 0 Å². The molecule has 3 rings (SSSR count). The minimum absolute atomic E-state index is 0.257. The van der Waals surface area contributed by atoms with Gasteiger partial charge in [0.15, 0.2) is 11.5 Å². The third-order valence-electron chi connectivity index (χ3n) is 3.98. The number of benzene rings is 2. The van der Waals surface area contributed by atoms with E-state index in [0.29, 0.717) is 11.5 Å². The third-order valence-corrected chi connectivity index (χ3v) is 3.98. The average Bonchev–Trinajstić information content (AvgIpc) is 2.86. The SMILES string of the molecule is COC1=C(c2ccccc2)C(N)c2ccc(OC)c(OC)c21. The molecule has 4 nitrogen and oxygen atoms in total. The fourth-order valence-electron chi connectivity index (χ4n) is 3.01. The molecule has 0 fully saturated rings. The van der Waals surface area contributed by atoms with Gasteiger partial charge in [0.2, 0.25) is 0 Å². The van der Waals surface area contributed by atoms with Gasteiger partial charge in [-0.25, -0.2) is 0 Å². The number of hydrogen-bond acceptors (Lipinski definition) is 4. The van der Waals surface area contributed by atoms with Gasteiger partial charge < -0.3 is 19.9 Å². The summed E-state index contributed by atoms with van der Waals surface area (Å²) in [7, 11) is 4.89. The fraction of sp³-hybridized carbons (Fsp3) is 0.222. The summed E-state index contributed by atoms with van der Waals surface area (Å²) in [4.78, 5) is 0. The Kier molecular flexibility index (Phi) is 3.77. The van der Waals surface area contributed by atoms with Crippen molar-refractivity contribution in [2.24, 2.45) is 5.73 Å². The van der Waals surface area contributed by atoms with Gasteiger partial charge in [-0.3, -0.25) is 0 Å². The van der Waals surface area contributed by atoms with Crippen LogP contribution in [0.5, 0.6) is 11.5 Å². The Morgan fingerprint density at radius 1 is 0.864 bits per heavy atom. The summed E-state index contributed by atoms with van der Waals surface area (Å²) >= 11 is 0. The van der Waals surface area contributed by atoms with Gasteiger partial charge in [0.25, 0.3) is 0 Å². The van der Waals surface area contributed by atoms with Gasteiger partial charge in [-0.1, -0.05) is 36.4 Å². The number of hydrogen-bond donors (Lipinski definition) is 1. The van der Waals surface area contributed by atoms with Gasteiger partial charge in [0, 0.05) is 5.57 Å². The Bertz CT molecular complexity index is 723. The van der Waals surface area contributed by atoms with E-state index in [4.69, 9.17) is 19.9 Å². The minimum atomic E-state index is -0.257. The van der Waals surface area contributed by atoms with E-state index in [9.17, 15) is 0 Å². The summed E-state index contributed by atoms with van der Waals surface area (Å²) in [6.07, 6.45) is 0. The zero-order chi connectivity index (χ0) is 15.7. The second-order valence-electron chi connectivity index (χ2n) is 5.06. The highest BCUT2D eigenvalue weighted by Crippen LogP contribution is 2.50. The number of rotatable bonds is 4. The van der Waals surface area contributed by atoms with E-state index in [2.05, 4.69) is 0 Å². The second-order valence-corrected chi connectivity index (χ2v) is 5.06. The number of fused-ring (bicyclic) bond motifs is 1. The molecule has 0 radical (unpaired) electrons. The summed E-state index contributed by atoms with van der Waals surface area (Å²) in [5, 5.41) is 0. The standard InChI is InChI=1S/C18H19NO3/c1-20-13-10-9-12-15(17(13)21-2)18(22-3)14(16(12)19)11-7-5-4-6-8-11/h4-10,16H,19H2,1-3H3. The first-order valence-electron chi connectivity index (χ1n) is 7.07. The van der Waals surface area contributed by atoms with E-state index in [1.165, 1.54) is 0 Å². The smallest absolute Gasteiger partial charge is 0.172 e. The van der Waals surface area contributed by atoms with Gasteiger partial charge in [-0.15, -0.1) is 0 Å². The highest BCUT2D eigenvalue weighted by atomic mass is 16.5. The molecule has 22 heavy (non-hydrogen) atoms. The van der Waals surface area contributed by atoms with Crippen molar-refractivity contribution >= 4 is 11.3 Å². The molecule has 0 amide bonds. The van der Waals surface area contributed by atoms with E-state index < -0.39 is 0 Å². The fourth-order valence-corrected chi connectivity index (χ4v) is 3.01. The molecule has 2 N–H and O–H groups in total. The maximum atomic E-state index is 6.47. The lowest BCUT2D eigenvalue weighted by molar-refractivity contribution is 0.343. The molecule has 0 aromatic heterocycles. The Morgan fingerprint density at radius 2 is 1.59 bits per heavy atom. The molecule has 1 aliphatic rings. The lowest BCUT2D eigenvalue weighted by atomic mass is 9.99. The predicted molar refractivity (Wildman–Crippen MR) is 86.7 cm³/mol. The average molecular weight is 297 g/mol. The quantitative estimate of drug-likeness (QED) is 0.941. The Balaban J connectivity index is 2.27. The van der Waals surface area contributed by atoms with Crippen LogP contribution in [0, 0.1) is 0 Å². The van der Waals surface area contributed by atoms with E-state index >= 15 is 0 Å². The molecular formula is C18H19NO3. The van der Waals surface area contributed by atoms with Crippen molar-refractivity contribution in [1.29, 1.82) is 0 Å². The van der Waals surface area contributed by atoms with Crippen molar-refractivity contribution in [1.82, 2.24) is 0 Å². The monoisotopic (exact) mass is 297 g/mol. The molecule has 114 valence electrons. The van der Waals surface area contributed by atoms with Crippen molar-refractivity contribution in [2.45, 2.75) is 6.04 Å². The van der Waals surface area contributed by atoms with Crippen LogP contribution in [-0.2, 0) is 4.74 Å². The van der Waals surface area contributed by atoms with Crippen LogP contribution in [0.25, 0.3) is 11.3 Å². The summed E-state index contributed by atoms with van der Waals surface area (Å²) in [6, 6.07) is 13.6. The molecule has 2 aromatic rings. The molecular weight excluding hydrogens is 278 g/mol. The molecule has 1 atom stereocenters. The van der Waals surface area contributed by atoms with E-state index in [1.54, 1.807) is 21.3 Å². The zero-order valence-electron chi connectivity index (χ0n) is 12.9. The first-order valence-corrected chi connectivity index (χ1v) is 7.07. The van der Waals surface area contributed by atoms with Crippen molar-refractivity contribution in [3.8, 4) is 11.5 Å². The number of ether oxygens (including phenoxy) is 3. The van der Waals surface area contributed by atoms with Crippen LogP contribution in [0.15, 0.2) is 42.5 Å². The molecule has 1 unspecified atom stereocenters. The van der Waals surface area contributed by atoms with Crippen LogP contribution >= 0.6 is 0 Å². The second kappa shape index (κ2) is 5.73. The molecule has 1 aliphatic carbocycles. The number of methoxy groups -OCH3 is 3. The van der Waals surface area contributed by atoms with E-state index in [1.807, 2.05) is 42.5 Å². The van der Waals surface area contributed by atoms with Crippen molar-refractivity contribution in [2.75, 3.05) is 21.3 Å². The summed E-state index contributed by atoms with van der Waals surface area (Å²) < 4.78 is 16.6. The molecule has 0 bridgehead atoms. The first kappa shape index (κ1) is 14.5. The third kappa shape index (κ3) is 2.04. The number of nitrogens with two attached hydrogens (primary N) is 1. The Labute approximate surface area is 130 Å². The molecule has 0 spiro atoms. The van der Waals surface area contributed by atoms with Crippen molar-refractivity contribution in [3.05, 3.63) is 59.2 Å². The summed E-state index contributed by atoms with van der Waals surface area (Å²) in [5.74, 6) is 2.06. The van der Waals surface area contributed by atoms with Crippen LogP contribution in [0.1, 0.15) is 22.7 Å². The molecule has 2 aromatic carbocycles. The van der Waals surface area contributed by atoms with E-state index in [-0.39, 0.29) is 6.04 Å².